The third-order valence-corrected chi connectivity index (χ3v) is 3.34. The topological polar surface area (TPSA) is 69.4 Å². The van der Waals surface area contributed by atoms with Gasteiger partial charge in [0.25, 0.3) is 0 Å². The maximum Gasteiger partial charge on any atom is 0.340 e. The van der Waals surface area contributed by atoms with Crippen LogP contribution in [0.3, 0.4) is 0 Å². The average Bonchev–Trinajstić information content (AvgIpc) is 2.81. The normalized spacial score (nSPS) is 15.5. The zero-order valence-electron chi connectivity index (χ0n) is 9.90. The van der Waals surface area contributed by atoms with Gasteiger partial charge in [-0.15, -0.1) is 0 Å². The van der Waals surface area contributed by atoms with Crippen molar-refractivity contribution in [2.24, 2.45) is 0 Å². The van der Waals surface area contributed by atoms with Crippen LogP contribution in [-0.2, 0) is 4.74 Å². The lowest BCUT2D eigenvalue weighted by atomic mass is 10.2. The van der Waals surface area contributed by atoms with Crippen LogP contribution in [0.25, 0.3) is 0 Å². The Bertz CT molecular complexity index is 529. The number of nitro groups is 1. The molecular formula is C12H11ClFNO4. The van der Waals surface area contributed by atoms with E-state index < -0.39 is 22.4 Å². The van der Waals surface area contributed by atoms with Gasteiger partial charge in [0.1, 0.15) is 6.10 Å². The second-order valence-electron chi connectivity index (χ2n) is 4.35. The molecule has 0 unspecified atom stereocenters. The van der Waals surface area contributed by atoms with E-state index in [1.165, 1.54) is 0 Å². The summed E-state index contributed by atoms with van der Waals surface area (Å²) >= 11 is 5.72. The summed E-state index contributed by atoms with van der Waals surface area (Å²) in [4.78, 5) is 21.6. The Morgan fingerprint density at radius 1 is 1.42 bits per heavy atom. The first-order chi connectivity index (χ1) is 8.99. The van der Waals surface area contributed by atoms with E-state index in [4.69, 9.17) is 16.3 Å². The number of hydrogen-bond acceptors (Lipinski definition) is 4. The minimum atomic E-state index is -1.08. The Kier molecular flexibility index (Phi) is 3.99. The highest BCUT2D eigenvalue weighted by Gasteiger charge is 2.25. The number of ether oxygens (including phenoxy) is 1. The van der Waals surface area contributed by atoms with Crippen molar-refractivity contribution in [3.63, 3.8) is 0 Å². The summed E-state index contributed by atoms with van der Waals surface area (Å²) in [6.07, 6.45) is 3.32. The molecule has 0 aliphatic heterocycles. The van der Waals surface area contributed by atoms with Crippen molar-refractivity contribution in [3.8, 4) is 0 Å². The summed E-state index contributed by atoms with van der Waals surface area (Å²) in [7, 11) is 0. The molecule has 5 nitrogen and oxygen atoms in total. The maximum atomic E-state index is 13.3. The Morgan fingerprint density at radius 2 is 2.05 bits per heavy atom. The van der Waals surface area contributed by atoms with Crippen molar-refractivity contribution >= 4 is 23.3 Å². The van der Waals surface area contributed by atoms with E-state index in [1.54, 1.807) is 0 Å². The summed E-state index contributed by atoms with van der Waals surface area (Å²) in [6.45, 7) is 0. The smallest absolute Gasteiger partial charge is 0.340 e. The number of halogens is 2. The number of nitrogens with zero attached hydrogens (tertiary/aromatic N) is 1. The number of hydrogen-bond donors (Lipinski definition) is 0. The monoisotopic (exact) mass is 287 g/mol. The number of carbonyl (C=O) groups excluding carboxylic acids is 1. The third-order valence-electron chi connectivity index (χ3n) is 3.03. The molecule has 0 bridgehead atoms. The van der Waals surface area contributed by atoms with Gasteiger partial charge in [-0.05, 0) is 25.7 Å². The van der Waals surface area contributed by atoms with Crippen LogP contribution < -0.4 is 0 Å². The molecule has 1 aliphatic rings. The van der Waals surface area contributed by atoms with Crippen molar-refractivity contribution in [3.05, 3.63) is 38.7 Å². The quantitative estimate of drug-likeness (QED) is 0.485. The van der Waals surface area contributed by atoms with Crippen LogP contribution in [-0.4, -0.2) is 17.0 Å². The molecule has 0 saturated heterocycles. The molecule has 1 aliphatic carbocycles. The van der Waals surface area contributed by atoms with Crippen molar-refractivity contribution in [1.82, 2.24) is 0 Å². The highest BCUT2D eigenvalue weighted by Crippen LogP contribution is 2.28. The average molecular weight is 288 g/mol. The highest BCUT2D eigenvalue weighted by atomic mass is 35.5. The summed E-state index contributed by atoms with van der Waals surface area (Å²) in [6, 6.07) is 1.57. The molecule has 1 fully saturated rings. The standard InChI is InChI=1S/C12H11ClFNO4/c13-9-6-10(14)11(15(17)18)5-8(9)12(16)19-7-3-1-2-4-7/h5-7H,1-4H2. The molecule has 0 atom stereocenters. The molecule has 2 rings (SSSR count). The number of nitro benzene ring substituents is 1. The zero-order valence-corrected chi connectivity index (χ0v) is 10.7. The molecule has 1 saturated carbocycles. The summed E-state index contributed by atoms with van der Waals surface area (Å²) in [5.74, 6) is -1.83. The lowest BCUT2D eigenvalue weighted by Crippen LogP contribution is -2.15. The Balaban J connectivity index is 2.25. The van der Waals surface area contributed by atoms with Crippen molar-refractivity contribution in [2.75, 3.05) is 0 Å². The second kappa shape index (κ2) is 5.52. The molecule has 0 radical (unpaired) electrons. The van der Waals surface area contributed by atoms with Gasteiger partial charge < -0.3 is 4.74 Å². The first-order valence-electron chi connectivity index (χ1n) is 5.83. The fourth-order valence-corrected chi connectivity index (χ4v) is 2.28. The van der Waals surface area contributed by atoms with Crippen molar-refractivity contribution < 1.29 is 18.8 Å². The fraction of sp³-hybridized carbons (Fsp3) is 0.417. The van der Waals surface area contributed by atoms with Gasteiger partial charge >= 0.3 is 11.7 Å². The maximum absolute atomic E-state index is 13.3. The molecule has 1 aromatic carbocycles. The van der Waals surface area contributed by atoms with E-state index >= 15 is 0 Å². The Hall–Kier alpha value is -1.69. The number of esters is 1. The first kappa shape index (κ1) is 13.7. The van der Waals surface area contributed by atoms with Crippen LogP contribution >= 0.6 is 11.6 Å². The summed E-state index contributed by atoms with van der Waals surface area (Å²) < 4.78 is 18.5. The number of carbonyl (C=O) groups is 1. The number of rotatable bonds is 3. The van der Waals surface area contributed by atoms with E-state index in [0.29, 0.717) is 0 Å². The SMILES string of the molecule is O=C(OC1CCCC1)c1cc([N+](=O)[O-])c(F)cc1Cl. The van der Waals surface area contributed by atoms with Gasteiger partial charge in [-0.3, -0.25) is 10.1 Å². The second-order valence-corrected chi connectivity index (χ2v) is 4.76. The lowest BCUT2D eigenvalue weighted by Gasteiger charge is -2.12. The number of benzene rings is 1. The largest absolute Gasteiger partial charge is 0.459 e. The minimum Gasteiger partial charge on any atom is -0.459 e. The zero-order chi connectivity index (χ0) is 14.0. The molecule has 0 spiro atoms. The predicted molar refractivity (Wildman–Crippen MR) is 65.7 cm³/mol. The minimum absolute atomic E-state index is 0.179. The van der Waals surface area contributed by atoms with Gasteiger partial charge in [-0.2, -0.15) is 4.39 Å². The molecule has 0 heterocycles. The van der Waals surface area contributed by atoms with Gasteiger partial charge in [-0.1, -0.05) is 11.6 Å². The van der Waals surface area contributed by atoms with E-state index in [0.717, 1.165) is 37.8 Å². The van der Waals surface area contributed by atoms with E-state index in [-0.39, 0.29) is 16.7 Å². The van der Waals surface area contributed by atoms with Crippen LogP contribution in [0.4, 0.5) is 10.1 Å². The van der Waals surface area contributed by atoms with E-state index in [1.807, 2.05) is 0 Å². The third kappa shape index (κ3) is 3.01. The van der Waals surface area contributed by atoms with Crippen molar-refractivity contribution in [1.29, 1.82) is 0 Å². The molecule has 7 heteroatoms. The molecule has 0 N–H and O–H groups in total. The van der Waals surface area contributed by atoms with Crippen LogP contribution in [0.15, 0.2) is 12.1 Å². The molecule has 0 aromatic heterocycles. The molecule has 19 heavy (non-hydrogen) atoms. The molecule has 1 aromatic rings. The van der Waals surface area contributed by atoms with Crippen LogP contribution in [0.1, 0.15) is 36.0 Å². The summed E-state index contributed by atoms with van der Waals surface area (Å²) in [5.41, 5.74) is -0.968. The highest BCUT2D eigenvalue weighted by molar-refractivity contribution is 6.33. The van der Waals surface area contributed by atoms with Crippen LogP contribution in [0.5, 0.6) is 0 Å². The van der Waals surface area contributed by atoms with Gasteiger partial charge in [0.15, 0.2) is 0 Å². The van der Waals surface area contributed by atoms with E-state index in [2.05, 4.69) is 0 Å². The van der Waals surface area contributed by atoms with Crippen molar-refractivity contribution in [2.45, 2.75) is 31.8 Å². The molecule has 102 valence electrons. The van der Waals surface area contributed by atoms with Gasteiger partial charge in [0.2, 0.25) is 5.82 Å². The van der Waals surface area contributed by atoms with Gasteiger partial charge in [0, 0.05) is 12.1 Å². The van der Waals surface area contributed by atoms with Crippen LogP contribution in [0, 0.1) is 15.9 Å². The summed E-state index contributed by atoms with van der Waals surface area (Å²) in [5, 5.41) is 10.4. The lowest BCUT2D eigenvalue weighted by molar-refractivity contribution is -0.387. The van der Waals surface area contributed by atoms with E-state index in [9.17, 15) is 19.3 Å². The predicted octanol–water partition coefficient (Wildman–Crippen LogP) is 3.49. The van der Waals surface area contributed by atoms with Crippen LogP contribution in [0.2, 0.25) is 5.02 Å². The fourth-order valence-electron chi connectivity index (χ4n) is 2.05. The molecular weight excluding hydrogens is 277 g/mol. The first-order valence-corrected chi connectivity index (χ1v) is 6.21. The Morgan fingerprint density at radius 3 is 2.63 bits per heavy atom. The molecule has 0 amide bonds. The van der Waals surface area contributed by atoms with Gasteiger partial charge in [-0.25, -0.2) is 4.79 Å². The van der Waals surface area contributed by atoms with Gasteiger partial charge in [0.05, 0.1) is 15.5 Å². The Labute approximate surface area is 113 Å².